The summed E-state index contributed by atoms with van der Waals surface area (Å²) in [5, 5.41) is 14.4. The van der Waals surface area contributed by atoms with Crippen molar-refractivity contribution in [2.24, 2.45) is 11.0 Å². The second-order valence-corrected chi connectivity index (χ2v) is 4.66. The van der Waals surface area contributed by atoms with Gasteiger partial charge < -0.3 is 14.6 Å². The predicted molar refractivity (Wildman–Crippen MR) is 73.9 cm³/mol. The van der Waals surface area contributed by atoms with Crippen molar-refractivity contribution in [2.45, 2.75) is 19.4 Å². The third kappa shape index (κ3) is 2.75. The van der Waals surface area contributed by atoms with Gasteiger partial charge in [-0.25, -0.2) is 5.43 Å². The number of amides is 1. The predicted octanol–water partition coefficient (Wildman–Crippen LogP) is 1.25. The zero-order valence-electron chi connectivity index (χ0n) is 11.7. The number of carbonyl (C=O) groups is 1. The molecular formula is C14H18N2O4. The van der Waals surface area contributed by atoms with Gasteiger partial charge in [0.05, 0.1) is 20.3 Å². The Morgan fingerprint density at radius 1 is 1.35 bits per heavy atom. The molecule has 0 saturated heterocycles. The molecular weight excluding hydrogens is 260 g/mol. The highest BCUT2D eigenvalue weighted by molar-refractivity contribution is 5.93. The Morgan fingerprint density at radius 2 is 2.05 bits per heavy atom. The number of aliphatic hydroxyl groups is 1. The van der Waals surface area contributed by atoms with E-state index in [1.807, 2.05) is 0 Å². The van der Waals surface area contributed by atoms with E-state index >= 15 is 0 Å². The summed E-state index contributed by atoms with van der Waals surface area (Å²) in [5.41, 5.74) is 3.77. The van der Waals surface area contributed by atoms with Gasteiger partial charge in [0.1, 0.15) is 0 Å². The maximum absolute atomic E-state index is 11.4. The van der Waals surface area contributed by atoms with E-state index in [-0.39, 0.29) is 18.2 Å². The summed E-state index contributed by atoms with van der Waals surface area (Å²) < 4.78 is 10.4. The van der Waals surface area contributed by atoms with Crippen molar-refractivity contribution in [1.82, 2.24) is 5.43 Å². The lowest BCUT2D eigenvalue weighted by atomic mass is 9.88. The smallest absolute Gasteiger partial charge is 0.240 e. The molecule has 2 N–H and O–H groups in total. The fourth-order valence-corrected chi connectivity index (χ4v) is 2.24. The Balaban J connectivity index is 2.29. The molecule has 1 heterocycles. The number of benzene rings is 1. The van der Waals surface area contributed by atoms with Gasteiger partial charge in [0.2, 0.25) is 5.91 Å². The number of carbonyl (C=O) groups excluding carboxylic acids is 1. The van der Waals surface area contributed by atoms with E-state index in [0.717, 1.165) is 0 Å². The molecule has 1 aliphatic rings. The molecule has 6 heteroatoms. The molecule has 0 aliphatic carbocycles. The second kappa shape index (κ2) is 5.92. The van der Waals surface area contributed by atoms with E-state index in [1.54, 1.807) is 32.2 Å². The van der Waals surface area contributed by atoms with Crippen LogP contribution in [-0.2, 0) is 4.79 Å². The topological polar surface area (TPSA) is 80.2 Å². The van der Waals surface area contributed by atoms with Crippen LogP contribution in [0.3, 0.4) is 0 Å². The largest absolute Gasteiger partial charge is 0.493 e. The Hall–Kier alpha value is -2.08. The molecule has 0 saturated carbocycles. The first kappa shape index (κ1) is 14.3. The lowest BCUT2D eigenvalue weighted by Crippen LogP contribution is -2.34. The van der Waals surface area contributed by atoms with Gasteiger partial charge in [-0.15, -0.1) is 0 Å². The van der Waals surface area contributed by atoms with E-state index in [0.29, 0.717) is 22.8 Å². The van der Waals surface area contributed by atoms with Crippen LogP contribution in [-0.4, -0.2) is 30.9 Å². The molecule has 0 spiro atoms. The maximum atomic E-state index is 11.4. The molecule has 2 atom stereocenters. The van der Waals surface area contributed by atoms with Gasteiger partial charge in [-0.2, -0.15) is 5.10 Å². The molecule has 1 aromatic carbocycles. The minimum absolute atomic E-state index is 0.194. The van der Waals surface area contributed by atoms with Crippen LogP contribution in [0.4, 0.5) is 0 Å². The standard InChI is InChI=1S/C14H18N2O4/c1-8-10(7-13(17)16-15-8)14(18)9-4-5-11(19-2)12(6-9)20-3/h4-6,10,14,18H,7H2,1-3H3,(H,16,17)/t10-,14-/m0/s1. The summed E-state index contributed by atoms with van der Waals surface area (Å²) >= 11 is 0. The summed E-state index contributed by atoms with van der Waals surface area (Å²) in [7, 11) is 3.09. The highest BCUT2D eigenvalue weighted by Gasteiger charge is 2.29. The molecule has 0 aromatic heterocycles. The number of rotatable bonds is 4. The van der Waals surface area contributed by atoms with E-state index in [2.05, 4.69) is 10.5 Å². The second-order valence-electron chi connectivity index (χ2n) is 4.66. The van der Waals surface area contributed by atoms with Gasteiger partial charge in [0.15, 0.2) is 11.5 Å². The average molecular weight is 278 g/mol. The number of aliphatic hydroxyl groups excluding tert-OH is 1. The first-order valence-corrected chi connectivity index (χ1v) is 6.29. The summed E-state index contributed by atoms with van der Waals surface area (Å²) in [6, 6.07) is 5.20. The highest BCUT2D eigenvalue weighted by atomic mass is 16.5. The third-order valence-corrected chi connectivity index (χ3v) is 3.43. The van der Waals surface area contributed by atoms with Crippen LogP contribution < -0.4 is 14.9 Å². The van der Waals surface area contributed by atoms with Crippen LogP contribution in [0, 0.1) is 5.92 Å². The van der Waals surface area contributed by atoms with Crippen molar-refractivity contribution in [3.8, 4) is 11.5 Å². The molecule has 0 bridgehead atoms. The van der Waals surface area contributed by atoms with Crippen LogP contribution in [0.25, 0.3) is 0 Å². The van der Waals surface area contributed by atoms with Crippen LogP contribution in [0.15, 0.2) is 23.3 Å². The first-order valence-electron chi connectivity index (χ1n) is 6.29. The van der Waals surface area contributed by atoms with Crippen LogP contribution >= 0.6 is 0 Å². The minimum Gasteiger partial charge on any atom is -0.493 e. The Bertz CT molecular complexity index is 542. The van der Waals surface area contributed by atoms with E-state index in [4.69, 9.17) is 9.47 Å². The molecule has 0 radical (unpaired) electrons. The van der Waals surface area contributed by atoms with Gasteiger partial charge in [-0.3, -0.25) is 4.79 Å². The Labute approximate surface area is 117 Å². The monoisotopic (exact) mass is 278 g/mol. The number of hydrazone groups is 1. The summed E-state index contributed by atoms with van der Waals surface area (Å²) in [6.07, 6.45) is -0.602. The van der Waals surface area contributed by atoms with Crippen molar-refractivity contribution < 1.29 is 19.4 Å². The van der Waals surface area contributed by atoms with Gasteiger partial charge in [0.25, 0.3) is 0 Å². The van der Waals surface area contributed by atoms with Gasteiger partial charge in [-0.1, -0.05) is 6.07 Å². The number of hydrogen-bond donors (Lipinski definition) is 2. The van der Waals surface area contributed by atoms with Crippen molar-refractivity contribution in [3.63, 3.8) is 0 Å². The SMILES string of the molecule is COc1ccc([C@H](O)[C@H]2CC(=O)NN=C2C)cc1OC. The molecule has 1 amide bonds. The molecule has 1 aromatic rings. The zero-order valence-corrected chi connectivity index (χ0v) is 11.7. The molecule has 108 valence electrons. The van der Waals surface area contributed by atoms with Crippen LogP contribution in [0.1, 0.15) is 25.0 Å². The van der Waals surface area contributed by atoms with E-state index in [1.165, 1.54) is 7.11 Å². The van der Waals surface area contributed by atoms with Crippen LogP contribution in [0.2, 0.25) is 0 Å². The molecule has 0 unspecified atom stereocenters. The summed E-state index contributed by atoms with van der Waals surface area (Å²) in [5.74, 6) is 0.608. The van der Waals surface area contributed by atoms with Crippen molar-refractivity contribution in [2.75, 3.05) is 14.2 Å². The lowest BCUT2D eigenvalue weighted by Gasteiger charge is -2.26. The average Bonchev–Trinajstić information content (AvgIpc) is 2.48. The Kier molecular flexibility index (Phi) is 4.24. The number of ether oxygens (including phenoxy) is 2. The van der Waals surface area contributed by atoms with Crippen molar-refractivity contribution in [1.29, 1.82) is 0 Å². The summed E-state index contributed by atoms with van der Waals surface area (Å²) in [6.45, 7) is 1.79. The number of hydrogen-bond acceptors (Lipinski definition) is 5. The molecule has 6 nitrogen and oxygen atoms in total. The van der Waals surface area contributed by atoms with Gasteiger partial charge in [0, 0.05) is 18.1 Å². The third-order valence-electron chi connectivity index (χ3n) is 3.43. The van der Waals surface area contributed by atoms with Gasteiger partial charge >= 0.3 is 0 Å². The van der Waals surface area contributed by atoms with Gasteiger partial charge in [-0.05, 0) is 24.6 Å². The summed E-state index contributed by atoms with van der Waals surface area (Å²) in [4.78, 5) is 11.4. The first-order chi connectivity index (χ1) is 9.56. The fraction of sp³-hybridized carbons (Fsp3) is 0.429. The van der Waals surface area contributed by atoms with Crippen LogP contribution in [0.5, 0.6) is 11.5 Å². The molecule has 20 heavy (non-hydrogen) atoms. The van der Waals surface area contributed by atoms with E-state index < -0.39 is 6.10 Å². The number of methoxy groups -OCH3 is 2. The number of nitrogens with one attached hydrogen (secondary N) is 1. The van der Waals surface area contributed by atoms with Crippen molar-refractivity contribution in [3.05, 3.63) is 23.8 Å². The molecule has 1 aliphatic heterocycles. The zero-order chi connectivity index (χ0) is 14.7. The molecule has 2 rings (SSSR count). The fourth-order valence-electron chi connectivity index (χ4n) is 2.24. The van der Waals surface area contributed by atoms with E-state index in [9.17, 15) is 9.90 Å². The highest BCUT2D eigenvalue weighted by Crippen LogP contribution is 2.34. The maximum Gasteiger partial charge on any atom is 0.240 e. The lowest BCUT2D eigenvalue weighted by molar-refractivity contribution is -0.122. The number of nitrogens with zero attached hydrogens (tertiary/aromatic N) is 1. The molecule has 0 fully saturated rings. The quantitative estimate of drug-likeness (QED) is 0.868. The normalized spacial score (nSPS) is 19.9. The minimum atomic E-state index is -0.815. The van der Waals surface area contributed by atoms with Crippen molar-refractivity contribution >= 4 is 11.6 Å². The Morgan fingerprint density at radius 3 is 2.70 bits per heavy atom.